The molecule has 0 aliphatic carbocycles. The number of nitrogens with one attached hydrogen (secondary N) is 1. The maximum Gasteiger partial charge on any atom is 0.281 e. The van der Waals surface area contributed by atoms with Crippen molar-refractivity contribution in [3.63, 3.8) is 0 Å². The van der Waals surface area contributed by atoms with Gasteiger partial charge < -0.3 is 5.32 Å². The Morgan fingerprint density at radius 3 is 2.57 bits per heavy atom. The van der Waals surface area contributed by atoms with Crippen molar-refractivity contribution >= 4 is 21.8 Å². The Kier molecular flexibility index (Phi) is 4.92. The Morgan fingerprint density at radius 1 is 1.38 bits per heavy atom. The van der Waals surface area contributed by atoms with Gasteiger partial charge in [-0.05, 0) is 25.0 Å². The zero-order valence-corrected chi connectivity index (χ0v) is 13.0. The smallest absolute Gasteiger partial charge is 0.281 e. The average Bonchev–Trinajstić information content (AvgIpc) is 2.48. The van der Waals surface area contributed by atoms with Crippen molar-refractivity contribution in [1.29, 1.82) is 0 Å². The van der Waals surface area contributed by atoms with E-state index in [-0.39, 0.29) is 11.8 Å². The van der Waals surface area contributed by atoms with Crippen molar-refractivity contribution < 1.29 is 13.2 Å². The summed E-state index contributed by atoms with van der Waals surface area (Å²) in [7, 11) is -0.362. The molecule has 1 amide bonds. The third-order valence-corrected chi connectivity index (χ3v) is 5.48. The maximum absolute atomic E-state index is 12.1. The second-order valence-electron chi connectivity index (χ2n) is 5.19. The number of nitrogens with zero attached hydrogens (tertiary/aromatic N) is 3. The Hall–Kier alpha value is -1.51. The van der Waals surface area contributed by atoms with E-state index in [9.17, 15) is 13.2 Å². The molecule has 1 aliphatic heterocycles. The standard InChI is InChI=1S/C13H20N4O3S/c1-16(2)21(19,20)17-8-5-11(6-9-17)13(18)15-12-4-3-7-14-10-12/h3-4,7,10-11H,5-6,8-9H2,1-2H3,(H,15,18). The Labute approximate surface area is 125 Å². The predicted octanol–water partition coefficient (Wildman–Crippen LogP) is 0.538. The quantitative estimate of drug-likeness (QED) is 0.879. The SMILES string of the molecule is CN(C)S(=O)(=O)N1CCC(C(=O)Nc2cccnc2)CC1. The molecule has 8 heteroatoms. The van der Waals surface area contributed by atoms with Crippen LogP contribution >= 0.6 is 0 Å². The van der Waals surface area contributed by atoms with Gasteiger partial charge in [0.05, 0.1) is 11.9 Å². The van der Waals surface area contributed by atoms with Crippen molar-refractivity contribution in [2.45, 2.75) is 12.8 Å². The van der Waals surface area contributed by atoms with Crippen molar-refractivity contribution in [2.24, 2.45) is 5.92 Å². The zero-order chi connectivity index (χ0) is 15.5. The normalized spacial score (nSPS) is 17.9. The molecule has 1 aromatic rings. The fourth-order valence-electron chi connectivity index (χ4n) is 2.26. The number of piperidine rings is 1. The number of carbonyl (C=O) groups excluding carboxylic acids is 1. The molecule has 1 aliphatic rings. The largest absolute Gasteiger partial charge is 0.324 e. The molecule has 2 heterocycles. The molecule has 1 aromatic heterocycles. The van der Waals surface area contributed by atoms with E-state index in [0.717, 1.165) is 0 Å². The highest BCUT2D eigenvalue weighted by molar-refractivity contribution is 7.86. The molecule has 1 fully saturated rings. The van der Waals surface area contributed by atoms with Gasteiger partial charge in [-0.25, -0.2) is 0 Å². The van der Waals surface area contributed by atoms with E-state index in [2.05, 4.69) is 10.3 Å². The summed E-state index contributed by atoms with van der Waals surface area (Å²) in [6.45, 7) is 0.733. The van der Waals surface area contributed by atoms with Crippen molar-refractivity contribution in [3.8, 4) is 0 Å². The number of aromatic nitrogens is 1. The first-order valence-corrected chi connectivity index (χ1v) is 8.19. The zero-order valence-electron chi connectivity index (χ0n) is 12.2. The monoisotopic (exact) mass is 312 g/mol. The second kappa shape index (κ2) is 6.50. The van der Waals surface area contributed by atoms with Crippen LogP contribution in [0.15, 0.2) is 24.5 Å². The first kappa shape index (κ1) is 15.9. The minimum Gasteiger partial charge on any atom is -0.324 e. The molecule has 0 unspecified atom stereocenters. The van der Waals surface area contributed by atoms with Crippen LogP contribution < -0.4 is 5.32 Å². The summed E-state index contributed by atoms with van der Waals surface area (Å²) >= 11 is 0. The predicted molar refractivity (Wildman–Crippen MR) is 79.8 cm³/mol. The minimum atomic E-state index is -3.38. The van der Waals surface area contributed by atoms with Crippen LogP contribution in [0.5, 0.6) is 0 Å². The molecule has 0 bridgehead atoms. The first-order chi connectivity index (χ1) is 9.91. The highest BCUT2D eigenvalue weighted by atomic mass is 32.2. The molecular formula is C13H20N4O3S. The van der Waals surface area contributed by atoms with Gasteiger partial charge in [0.1, 0.15) is 0 Å². The molecule has 0 saturated carbocycles. The second-order valence-corrected chi connectivity index (χ2v) is 7.34. The van der Waals surface area contributed by atoms with Gasteiger partial charge in [-0.15, -0.1) is 0 Å². The lowest BCUT2D eigenvalue weighted by atomic mass is 9.97. The Balaban J connectivity index is 1.91. The molecular weight excluding hydrogens is 292 g/mol. The molecule has 7 nitrogen and oxygen atoms in total. The van der Waals surface area contributed by atoms with Gasteiger partial charge in [-0.3, -0.25) is 9.78 Å². The van der Waals surface area contributed by atoms with Crippen LogP contribution in [-0.4, -0.2) is 55.1 Å². The summed E-state index contributed by atoms with van der Waals surface area (Å²) in [5.41, 5.74) is 0.658. The van der Waals surface area contributed by atoms with Gasteiger partial charge in [0, 0.05) is 39.3 Å². The number of amides is 1. The van der Waals surface area contributed by atoms with Crippen LogP contribution in [0.25, 0.3) is 0 Å². The highest BCUT2D eigenvalue weighted by Crippen LogP contribution is 2.21. The summed E-state index contributed by atoms with van der Waals surface area (Å²) in [4.78, 5) is 16.1. The van der Waals surface area contributed by atoms with Crippen LogP contribution in [0.3, 0.4) is 0 Å². The summed E-state index contributed by atoms with van der Waals surface area (Å²) in [5, 5.41) is 2.81. The van der Waals surface area contributed by atoms with Crippen molar-refractivity contribution in [2.75, 3.05) is 32.5 Å². The van der Waals surface area contributed by atoms with Crippen LogP contribution in [-0.2, 0) is 15.0 Å². The van der Waals surface area contributed by atoms with Gasteiger partial charge in [0.15, 0.2) is 0 Å². The average molecular weight is 312 g/mol. The van der Waals surface area contributed by atoms with E-state index in [1.54, 1.807) is 24.5 Å². The summed E-state index contributed by atoms with van der Waals surface area (Å²) in [6, 6.07) is 3.53. The molecule has 0 spiro atoms. The first-order valence-electron chi connectivity index (χ1n) is 6.80. The molecule has 1 N–H and O–H groups in total. The lowest BCUT2D eigenvalue weighted by Gasteiger charge is -2.32. The summed E-state index contributed by atoms with van der Waals surface area (Å²) in [6.07, 6.45) is 4.28. The molecule has 2 rings (SSSR count). The van der Waals surface area contributed by atoms with Crippen molar-refractivity contribution in [1.82, 2.24) is 13.6 Å². The van der Waals surface area contributed by atoms with E-state index in [4.69, 9.17) is 0 Å². The van der Waals surface area contributed by atoms with E-state index in [1.807, 2.05) is 0 Å². The van der Waals surface area contributed by atoms with Gasteiger partial charge >= 0.3 is 0 Å². The van der Waals surface area contributed by atoms with E-state index >= 15 is 0 Å². The lowest BCUT2D eigenvalue weighted by Crippen LogP contribution is -2.46. The molecule has 0 radical (unpaired) electrons. The summed E-state index contributed by atoms with van der Waals surface area (Å²) in [5.74, 6) is -0.247. The van der Waals surface area contributed by atoms with E-state index < -0.39 is 10.2 Å². The van der Waals surface area contributed by atoms with Crippen LogP contribution in [0.2, 0.25) is 0 Å². The molecule has 21 heavy (non-hydrogen) atoms. The van der Waals surface area contributed by atoms with Gasteiger partial charge in [0.2, 0.25) is 5.91 Å². The van der Waals surface area contributed by atoms with E-state index in [1.165, 1.54) is 22.7 Å². The van der Waals surface area contributed by atoms with Crippen LogP contribution in [0.4, 0.5) is 5.69 Å². The summed E-state index contributed by atoms with van der Waals surface area (Å²) < 4.78 is 26.6. The van der Waals surface area contributed by atoms with Gasteiger partial charge in [0.25, 0.3) is 10.2 Å². The number of rotatable bonds is 4. The fraction of sp³-hybridized carbons (Fsp3) is 0.538. The molecule has 116 valence electrons. The van der Waals surface area contributed by atoms with Crippen LogP contribution in [0, 0.1) is 5.92 Å². The van der Waals surface area contributed by atoms with Gasteiger partial charge in [-0.1, -0.05) is 0 Å². The van der Waals surface area contributed by atoms with Crippen molar-refractivity contribution in [3.05, 3.63) is 24.5 Å². The molecule has 0 aromatic carbocycles. The highest BCUT2D eigenvalue weighted by Gasteiger charge is 2.32. The third-order valence-electron chi connectivity index (χ3n) is 3.54. The van der Waals surface area contributed by atoms with E-state index in [0.29, 0.717) is 31.6 Å². The Morgan fingerprint density at radius 2 is 2.05 bits per heavy atom. The van der Waals surface area contributed by atoms with Crippen LogP contribution in [0.1, 0.15) is 12.8 Å². The Bertz CT molecular complexity index is 581. The van der Waals surface area contributed by atoms with Gasteiger partial charge in [-0.2, -0.15) is 17.0 Å². The minimum absolute atomic E-state index is 0.0788. The molecule has 0 atom stereocenters. The third kappa shape index (κ3) is 3.78. The topological polar surface area (TPSA) is 82.6 Å². The molecule has 1 saturated heterocycles. The lowest BCUT2D eigenvalue weighted by molar-refractivity contribution is -0.120. The maximum atomic E-state index is 12.1. The fourth-order valence-corrected chi connectivity index (χ4v) is 3.39. The number of pyridine rings is 1. The number of anilines is 1. The number of hydrogen-bond donors (Lipinski definition) is 1. The number of hydrogen-bond acceptors (Lipinski definition) is 4. The number of carbonyl (C=O) groups is 1.